The number of nitrogen functional groups attached to an aromatic ring is 1. The molecule has 84 valence electrons. The molecule has 2 heteroatoms. The summed E-state index contributed by atoms with van der Waals surface area (Å²) in [7, 11) is 0. The molecule has 0 aliphatic rings. The zero-order valence-electron chi connectivity index (χ0n) is 9.56. The summed E-state index contributed by atoms with van der Waals surface area (Å²) in [6, 6.07) is 18.1. The van der Waals surface area contributed by atoms with Gasteiger partial charge in [0, 0.05) is 11.3 Å². The Morgan fingerprint density at radius 1 is 0.875 bits per heavy atom. The Morgan fingerprint density at radius 3 is 1.94 bits per heavy atom. The number of hydrogen-bond acceptors (Lipinski definition) is 2. The van der Waals surface area contributed by atoms with E-state index in [-0.39, 0.29) is 0 Å². The molecule has 0 spiro atoms. The van der Waals surface area contributed by atoms with Gasteiger partial charge in [-0.05, 0) is 18.2 Å². The molecule has 0 heterocycles. The lowest BCUT2D eigenvalue weighted by Crippen LogP contribution is -1.88. The van der Waals surface area contributed by atoms with Crippen LogP contribution in [0.25, 0.3) is 11.1 Å². The number of rotatable bonds is 1. The summed E-state index contributed by atoms with van der Waals surface area (Å²) in [4.78, 5) is 0. The maximum absolute atomic E-state index is 5.85. The highest BCUT2D eigenvalue weighted by atomic mass is 14.6. The third-order valence-corrected chi connectivity index (χ3v) is 2.05. The first kappa shape index (κ1) is 12.3. The van der Waals surface area contributed by atoms with E-state index in [1.54, 1.807) is 0 Å². The Labute approximate surface area is 96.9 Å². The van der Waals surface area contributed by atoms with Crippen LogP contribution in [-0.2, 0) is 0 Å². The number of benzene rings is 2. The molecule has 4 N–H and O–H groups in total. The maximum atomic E-state index is 5.85. The minimum atomic E-state index is 0.750. The summed E-state index contributed by atoms with van der Waals surface area (Å²) in [6.07, 6.45) is 0. The topological polar surface area (TPSA) is 52.0 Å². The van der Waals surface area contributed by atoms with Crippen LogP contribution in [0.2, 0.25) is 0 Å². The maximum Gasteiger partial charge on any atom is 0.0393 e. The normalized spacial score (nSPS) is 9.12. The van der Waals surface area contributed by atoms with Gasteiger partial charge >= 0.3 is 0 Å². The van der Waals surface area contributed by atoms with E-state index in [0.29, 0.717) is 0 Å². The molecule has 0 fully saturated rings. The van der Waals surface area contributed by atoms with Crippen LogP contribution in [0.4, 0.5) is 5.69 Å². The molecule has 2 aromatic carbocycles. The molecule has 0 saturated heterocycles. The zero-order chi connectivity index (χ0) is 11.8. The van der Waals surface area contributed by atoms with E-state index < -0.39 is 0 Å². The lowest BCUT2D eigenvalue weighted by molar-refractivity contribution is 1.14. The van der Waals surface area contributed by atoms with Crippen molar-refractivity contribution in [2.75, 3.05) is 12.3 Å². The number of anilines is 1. The van der Waals surface area contributed by atoms with Gasteiger partial charge in [-0.15, -0.1) is 0 Å². The Bertz CT molecular complexity index is 410. The Morgan fingerprint density at radius 2 is 1.38 bits per heavy atom. The molecule has 0 aliphatic carbocycles. The van der Waals surface area contributed by atoms with Crippen molar-refractivity contribution in [3.63, 3.8) is 0 Å². The fraction of sp³-hybridized carbons (Fsp3) is 0.143. The highest BCUT2D eigenvalue weighted by molar-refractivity contribution is 5.75. The zero-order valence-corrected chi connectivity index (χ0v) is 9.56. The minimum absolute atomic E-state index is 0.750. The fourth-order valence-corrected chi connectivity index (χ4v) is 1.38. The van der Waals surface area contributed by atoms with Gasteiger partial charge in [0.25, 0.3) is 0 Å². The molecule has 0 unspecified atom stereocenters. The summed E-state index contributed by atoms with van der Waals surface area (Å²) in [5.41, 5.74) is 13.8. The van der Waals surface area contributed by atoms with Crippen LogP contribution < -0.4 is 11.5 Å². The van der Waals surface area contributed by atoms with E-state index in [1.807, 2.05) is 49.4 Å². The minimum Gasteiger partial charge on any atom is -0.398 e. The molecule has 0 atom stereocenters. The van der Waals surface area contributed by atoms with Crippen LogP contribution in [0, 0.1) is 0 Å². The van der Waals surface area contributed by atoms with Crippen molar-refractivity contribution in [3.05, 3.63) is 54.6 Å². The van der Waals surface area contributed by atoms with Gasteiger partial charge in [-0.25, -0.2) is 0 Å². The van der Waals surface area contributed by atoms with Crippen LogP contribution in [-0.4, -0.2) is 6.54 Å². The predicted molar refractivity (Wildman–Crippen MR) is 71.0 cm³/mol. The average molecular weight is 214 g/mol. The smallest absolute Gasteiger partial charge is 0.0393 e. The molecular weight excluding hydrogens is 196 g/mol. The van der Waals surface area contributed by atoms with Crippen molar-refractivity contribution in [3.8, 4) is 11.1 Å². The van der Waals surface area contributed by atoms with Gasteiger partial charge in [0.2, 0.25) is 0 Å². The van der Waals surface area contributed by atoms with Crippen molar-refractivity contribution in [1.29, 1.82) is 0 Å². The second-order valence-electron chi connectivity index (χ2n) is 3.36. The summed E-state index contributed by atoms with van der Waals surface area (Å²) in [5, 5.41) is 0. The van der Waals surface area contributed by atoms with Gasteiger partial charge in [-0.1, -0.05) is 55.5 Å². The summed E-state index contributed by atoms with van der Waals surface area (Å²) in [5.74, 6) is 0. The number of nitrogens with two attached hydrogens (primary N) is 2. The van der Waals surface area contributed by atoms with E-state index >= 15 is 0 Å². The van der Waals surface area contributed by atoms with E-state index in [0.717, 1.165) is 17.8 Å². The summed E-state index contributed by atoms with van der Waals surface area (Å²) in [6.45, 7) is 2.65. The molecule has 0 saturated carbocycles. The number of hydrogen-bond donors (Lipinski definition) is 2. The molecule has 0 bridgehead atoms. The molecule has 2 nitrogen and oxygen atoms in total. The quantitative estimate of drug-likeness (QED) is 0.717. The highest BCUT2D eigenvalue weighted by Crippen LogP contribution is 2.24. The summed E-state index contributed by atoms with van der Waals surface area (Å²) >= 11 is 0. The van der Waals surface area contributed by atoms with Crippen molar-refractivity contribution in [1.82, 2.24) is 0 Å². The van der Waals surface area contributed by atoms with Gasteiger partial charge in [0.15, 0.2) is 0 Å². The molecule has 0 aliphatic heterocycles. The molecular formula is C14H18N2. The Balaban J connectivity index is 0.000000386. The van der Waals surface area contributed by atoms with Gasteiger partial charge in [0.1, 0.15) is 0 Å². The second kappa shape index (κ2) is 6.64. The van der Waals surface area contributed by atoms with Gasteiger partial charge in [-0.2, -0.15) is 0 Å². The first-order chi connectivity index (χ1) is 7.79. The van der Waals surface area contributed by atoms with Crippen molar-refractivity contribution < 1.29 is 0 Å². The standard InChI is InChI=1S/C12H11N.C2H7N/c13-12-9-5-4-8-11(12)10-6-2-1-3-7-10;1-2-3/h1-9H,13H2;2-3H2,1H3. The predicted octanol–water partition coefficient (Wildman–Crippen LogP) is 2.90. The van der Waals surface area contributed by atoms with Gasteiger partial charge in [0.05, 0.1) is 0 Å². The highest BCUT2D eigenvalue weighted by Gasteiger charge is 1.98. The van der Waals surface area contributed by atoms with E-state index in [2.05, 4.69) is 12.1 Å². The molecule has 0 amide bonds. The van der Waals surface area contributed by atoms with Gasteiger partial charge < -0.3 is 11.5 Å². The lowest BCUT2D eigenvalue weighted by Gasteiger charge is -2.03. The van der Waals surface area contributed by atoms with Crippen LogP contribution >= 0.6 is 0 Å². The van der Waals surface area contributed by atoms with Crippen LogP contribution in [0.3, 0.4) is 0 Å². The molecule has 0 radical (unpaired) electrons. The summed E-state index contributed by atoms with van der Waals surface area (Å²) < 4.78 is 0. The monoisotopic (exact) mass is 214 g/mol. The van der Waals surface area contributed by atoms with Crippen LogP contribution in [0.1, 0.15) is 6.92 Å². The lowest BCUT2D eigenvalue weighted by atomic mass is 10.0. The van der Waals surface area contributed by atoms with E-state index in [1.165, 1.54) is 5.56 Å². The number of para-hydroxylation sites is 1. The fourth-order valence-electron chi connectivity index (χ4n) is 1.38. The second-order valence-corrected chi connectivity index (χ2v) is 3.36. The van der Waals surface area contributed by atoms with E-state index in [4.69, 9.17) is 11.5 Å². The molecule has 16 heavy (non-hydrogen) atoms. The average Bonchev–Trinajstić information content (AvgIpc) is 2.32. The third kappa shape index (κ3) is 3.41. The first-order valence-electron chi connectivity index (χ1n) is 5.39. The van der Waals surface area contributed by atoms with Crippen molar-refractivity contribution in [2.45, 2.75) is 6.92 Å². The third-order valence-electron chi connectivity index (χ3n) is 2.05. The van der Waals surface area contributed by atoms with Crippen molar-refractivity contribution in [2.24, 2.45) is 5.73 Å². The molecule has 2 rings (SSSR count). The van der Waals surface area contributed by atoms with Gasteiger partial charge in [-0.3, -0.25) is 0 Å². The SMILES string of the molecule is CCN.Nc1ccccc1-c1ccccc1. The van der Waals surface area contributed by atoms with E-state index in [9.17, 15) is 0 Å². The first-order valence-corrected chi connectivity index (χ1v) is 5.39. The molecule has 2 aromatic rings. The van der Waals surface area contributed by atoms with Crippen LogP contribution in [0.15, 0.2) is 54.6 Å². The largest absolute Gasteiger partial charge is 0.398 e. The Kier molecular flexibility index (Phi) is 5.09. The molecule has 0 aromatic heterocycles. The van der Waals surface area contributed by atoms with Crippen molar-refractivity contribution >= 4 is 5.69 Å². The Hall–Kier alpha value is -1.80. The van der Waals surface area contributed by atoms with Crippen LogP contribution in [0.5, 0.6) is 0 Å².